The summed E-state index contributed by atoms with van der Waals surface area (Å²) in [4.78, 5) is 36.1. The first kappa shape index (κ1) is 29.8. The van der Waals surface area contributed by atoms with Crippen molar-refractivity contribution in [1.29, 1.82) is 0 Å². The number of nitrogens with one attached hydrogen (secondary N) is 4. The van der Waals surface area contributed by atoms with Crippen LogP contribution in [-0.4, -0.2) is 38.0 Å². The van der Waals surface area contributed by atoms with Gasteiger partial charge in [-0.25, -0.2) is 13.2 Å². The van der Waals surface area contributed by atoms with E-state index in [9.17, 15) is 27.9 Å². The Labute approximate surface area is 235 Å². The van der Waals surface area contributed by atoms with E-state index in [1.807, 2.05) is 6.92 Å². The molecule has 1 atom stereocenters. The summed E-state index contributed by atoms with van der Waals surface area (Å²) in [5, 5.41) is 17.7. The number of amides is 3. The van der Waals surface area contributed by atoms with Gasteiger partial charge in [0.05, 0.1) is 27.4 Å². The van der Waals surface area contributed by atoms with Gasteiger partial charge in [0.15, 0.2) is 0 Å². The van der Waals surface area contributed by atoms with Gasteiger partial charge in [-0.05, 0) is 60.5 Å². The Morgan fingerprint density at radius 2 is 1.64 bits per heavy atom. The molecule has 5 N–H and O–H groups in total. The van der Waals surface area contributed by atoms with Gasteiger partial charge >= 0.3 is 12.0 Å². The van der Waals surface area contributed by atoms with Crippen molar-refractivity contribution < 1.29 is 27.9 Å². The number of benzene rings is 3. The third-order valence-electron chi connectivity index (χ3n) is 5.34. The molecule has 0 saturated carbocycles. The van der Waals surface area contributed by atoms with E-state index in [0.29, 0.717) is 12.1 Å². The number of aliphatic carboxylic acids is 1. The van der Waals surface area contributed by atoms with Crippen LogP contribution in [0.3, 0.4) is 0 Å². The highest BCUT2D eigenvalue weighted by atomic mass is 35.5. The molecular formula is C26H26Cl2N4O6S. The number of anilines is 2. The summed E-state index contributed by atoms with van der Waals surface area (Å²) in [6, 6.07) is 14.5. The van der Waals surface area contributed by atoms with Gasteiger partial charge < -0.3 is 21.1 Å². The van der Waals surface area contributed by atoms with Gasteiger partial charge in [0.25, 0.3) is 15.9 Å². The highest BCUT2D eigenvalue weighted by Crippen LogP contribution is 2.26. The highest BCUT2D eigenvalue weighted by molar-refractivity contribution is 7.92. The molecule has 0 radical (unpaired) electrons. The maximum absolute atomic E-state index is 13.1. The highest BCUT2D eigenvalue weighted by Gasteiger charge is 2.21. The van der Waals surface area contributed by atoms with E-state index in [4.69, 9.17) is 23.2 Å². The molecule has 3 amide bonds. The average Bonchev–Trinajstić information content (AvgIpc) is 2.88. The average molecular weight is 593 g/mol. The summed E-state index contributed by atoms with van der Waals surface area (Å²) in [5.74, 6) is -1.76. The molecule has 0 fully saturated rings. The number of urea groups is 1. The molecule has 0 spiro atoms. The van der Waals surface area contributed by atoms with Crippen molar-refractivity contribution in [3.63, 3.8) is 0 Å². The lowest BCUT2D eigenvalue weighted by Crippen LogP contribution is -2.30. The minimum absolute atomic E-state index is 0.101. The lowest BCUT2D eigenvalue weighted by molar-refractivity contribution is -0.137. The first-order valence-corrected chi connectivity index (χ1v) is 14.0. The topological polar surface area (TPSA) is 154 Å². The zero-order valence-electron chi connectivity index (χ0n) is 20.7. The van der Waals surface area contributed by atoms with Crippen molar-refractivity contribution in [1.82, 2.24) is 10.6 Å². The van der Waals surface area contributed by atoms with Gasteiger partial charge in [0, 0.05) is 23.5 Å². The van der Waals surface area contributed by atoms with Crippen LogP contribution in [0.25, 0.3) is 0 Å². The number of hydrogen-bond acceptors (Lipinski definition) is 5. The van der Waals surface area contributed by atoms with E-state index < -0.39 is 40.4 Å². The van der Waals surface area contributed by atoms with Crippen molar-refractivity contribution in [2.75, 3.05) is 16.6 Å². The molecule has 0 aromatic heterocycles. The van der Waals surface area contributed by atoms with E-state index in [1.165, 1.54) is 54.6 Å². The molecule has 3 aromatic rings. The Morgan fingerprint density at radius 3 is 2.33 bits per heavy atom. The molecule has 13 heteroatoms. The largest absolute Gasteiger partial charge is 0.481 e. The summed E-state index contributed by atoms with van der Waals surface area (Å²) >= 11 is 11.9. The second-order valence-corrected chi connectivity index (χ2v) is 10.9. The summed E-state index contributed by atoms with van der Waals surface area (Å²) in [6.07, 6.45) is 0.286. The monoisotopic (exact) mass is 592 g/mol. The Kier molecular flexibility index (Phi) is 10.2. The molecule has 0 unspecified atom stereocenters. The second kappa shape index (κ2) is 13.3. The van der Waals surface area contributed by atoms with Crippen LogP contribution in [0.1, 0.15) is 41.7 Å². The SMILES string of the molecule is CCCNC(=O)Nc1cccc(S(=O)(=O)Nc2cccc([C@@H](CC(=O)O)NC(=O)c3ccc(Cl)c(Cl)c3)c2)c1. The minimum atomic E-state index is -4.08. The molecule has 0 aliphatic rings. The summed E-state index contributed by atoms with van der Waals surface area (Å²) in [5.41, 5.74) is 0.958. The van der Waals surface area contributed by atoms with Gasteiger partial charge in [-0.3, -0.25) is 14.3 Å². The lowest BCUT2D eigenvalue weighted by atomic mass is 10.0. The lowest BCUT2D eigenvalue weighted by Gasteiger charge is -2.19. The van der Waals surface area contributed by atoms with Crippen LogP contribution < -0.4 is 20.7 Å². The Balaban J connectivity index is 1.81. The van der Waals surface area contributed by atoms with Crippen molar-refractivity contribution in [3.8, 4) is 0 Å². The van der Waals surface area contributed by atoms with Crippen molar-refractivity contribution in [2.45, 2.75) is 30.7 Å². The van der Waals surface area contributed by atoms with Gasteiger partial charge in [0.2, 0.25) is 0 Å². The van der Waals surface area contributed by atoms with E-state index in [1.54, 1.807) is 12.1 Å². The van der Waals surface area contributed by atoms with Crippen LogP contribution in [0.2, 0.25) is 10.0 Å². The normalized spacial score (nSPS) is 11.8. The van der Waals surface area contributed by atoms with Crippen molar-refractivity contribution in [2.24, 2.45) is 0 Å². The zero-order chi connectivity index (χ0) is 28.6. The molecule has 0 aliphatic heterocycles. The van der Waals surface area contributed by atoms with Crippen LogP contribution in [0.5, 0.6) is 0 Å². The molecule has 3 rings (SSSR count). The fourth-order valence-electron chi connectivity index (χ4n) is 3.49. The molecule has 206 valence electrons. The smallest absolute Gasteiger partial charge is 0.319 e. The van der Waals surface area contributed by atoms with Gasteiger partial charge in [0.1, 0.15) is 0 Å². The summed E-state index contributed by atoms with van der Waals surface area (Å²) < 4.78 is 28.6. The number of sulfonamides is 1. The van der Waals surface area contributed by atoms with E-state index in [2.05, 4.69) is 20.7 Å². The summed E-state index contributed by atoms with van der Waals surface area (Å²) in [7, 11) is -4.08. The number of halogens is 2. The third-order valence-corrected chi connectivity index (χ3v) is 7.46. The first-order chi connectivity index (χ1) is 18.5. The minimum Gasteiger partial charge on any atom is -0.481 e. The van der Waals surface area contributed by atoms with Crippen molar-refractivity contribution in [3.05, 3.63) is 87.9 Å². The van der Waals surface area contributed by atoms with Crippen LogP contribution in [0.15, 0.2) is 71.6 Å². The number of carboxylic acids is 1. The molecule has 0 saturated heterocycles. The molecule has 0 aliphatic carbocycles. The van der Waals surface area contributed by atoms with Gasteiger partial charge in [-0.1, -0.05) is 48.3 Å². The molecular weight excluding hydrogens is 567 g/mol. The van der Waals surface area contributed by atoms with Gasteiger partial charge in [-0.2, -0.15) is 0 Å². The second-order valence-electron chi connectivity index (χ2n) is 8.39. The number of carbonyl (C=O) groups is 3. The molecule has 10 nitrogen and oxygen atoms in total. The van der Waals surface area contributed by atoms with Crippen molar-refractivity contribution >= 4 is 62.5 Å². The van der Waals surface area contributed by atoms with Crippen LogP contribution >= 0.6 is 23.2 Å². The number of carboxylic acid groups (broad SMARTS) is 1. The maximum Gasteiger partial charge on any atom is 0.319 e. The van der Waals surface area contributed by atoms with E-state index in [-0.39, 0.29) is 31.9 Å². The van der Waals surface area contributed by atoms with E-state index >= 15 is 0 Å². The van der Waals surface area contributed by atoms with Crippen LogP contribution in [-0.2, 0) is 14.8 Å². The zero-order valence-corrected chi connectivity index (χ0v) is 23.0. The maximum atomic E-state index is 13.1. The molecule has 39 heavy (non-hydrogen) atoms. The van der Waals surface area contributed by atoms with Gasteiger partial charge in [-0.15, -0.1) is 0 Å². The third kappa shape index (κ3) is 8.60. The van der Waals surface area contributed by atoms with E-state index in [0.717, 1.165) is 6.42 Å². The number of rotatable bonds is 11. The quantitative estimate of drug-likeness (QED) is 0.204. The standard InChI is InChI=1S/C26H26Cl2N4O6S/c1-2-11-29-26(36)30-18-6-4-8-20(14-18)39(37,38)32-19-7-3-5-16(12-19)23(15-24(33)34)31-25(35)17-9-10-21(27)22(28)13-17/h3-10,12-14,23,32H,2,11,15H2,1H3,(H,31,35)(H,33,34)(H2,29,30,36)/t23-/m1/s1. The molecule has 0 heterocycles. The Bertz CT molecular complexity index is 1480. The Hall–Kier alpha value is -3.80. The fraction of sp³-hybridized carbons (Fsp3) is 0.192. The summed E-state index contributed by atoms with van der Waals surface area (Å²) in [6.45, 7) is 2.38. The predicted molar refractivity (Wildman–Crippen MR) is 150 cm³/mol. The van der Waals surface area contributed by atoms with Crippen LogP contribution in [0, 0.1) is 0 Å². The fourth-order valence-corrected chi connectivity index (χ4v) is 4.89. The predicted octanol–water partition coefficient (Wildman–Crippen LogP) is 5.27. The first-order valence-electron chi connectivity index (χ1n) is 11.7. The number of hydrogen-bond donors (Lipinski definition) is 5. The van der Waals surface area contributed by atoms with Crippen LogP contribution in [0.4, 0.5) is 16.2 Å². The molecule has 0 bridgehead atoms. The molecule has 3 aromatic carbocycles. The Morgan fingerprint density at radius 1 is 0.923 bits per heavy atom. The number of carbonyl (C=O) groups excluding carboxylic acids is 2.